The first-order valence-electron chi connectivity index (χ1n) is 4.97. The fraction of sp³-hybridized carbons (Fsp3) is 0.250. The summed E-state index contributed by atoms with van der Waals surface area (Å²) in [5.74, 6) is -0.800. The predicted molar refractivity (Wildman–Crippen MR) is 67.1 cm³/mol. The van der Waals surface area contributed by atoms with Crippen molar-refractivity contribution in [1.82, 2.24) is 5.32 Å². The second kappa shape index (κ2) is 6.51. The van der Waals surface area contributed by atoms with Crippen LogP contribution < -0.4 is 5.32 Å². The average Bonchev–Trinajstić information content (AvgIpc) is 2.33. The molecular formula is C12H13BrFNO2. The minimum Gasteiger partial charge on any atom is -0.468 e. The van der Waals surface area contributed by atoms with Crippen LogP contribution in [0.5, 0.6) is 0 Å². The van der Waals surface area contributed by atoms with E-state index in [0.29, 0.717) is 16.6 Å². The highest BCUT2D eigenvalue weighted by Gasteiger charge is 2.20. The number of esters is 1. The minimum atomic E-state index is -0.630. The van der Waals surface area contributed by atoms with E-state index in [9.17, 15) is 9.18 Å². The number of hydrogen-bond acceptors (Lipinski definition) is 3. The van der Waals surface area contributed by atoms with Crippen molar-refractivity contribution < 1.29 is 13.9 Å². The lowest BCUT2D eigenvalue weighted by Gasteiger charge is -2.16. The summed E-state index contributed by atoms with van der Waals surface area (Å²) in [5.41, 5.74) is 0.631. The van der Waals surface area contributed by atoms with E-state index < -0.39 is 12.0 Å². The van der Waals surface area contributed by atoms with Gasteiger partial charge in [-0.1, -0.05) is 12.1 Å². The molecule has 0 aromatic heterocycles. The number of carbonyl (C=O) groups is 1. The normalized spacial score (nSPS) is 11.9. The van der Waals surface area contributed by atoms with Gasteiger partial charge in [-0.2, -0.15) is 0 Å². The summed E-state index contributed by atoms with van der Waals surface area (Å²) in [7, 11) is 1.31. The van der Waals surface area contributed by atoms with Gasteiger partial charge in [-0.3, -0.25) is 5.32 Å². The maximum absolute atomic E-state index is 13.1. The van der Waals surface area contributed by atoms with Crippen LogP contribution in [0.25, 0.3) is 0 Å². The minimum absolute atomic E-state index is 0.310. The van der Waals surface area contributed by atoms with Gasteiger partial charge >= 0.3 is 5.97 Å². The lowest BCUT2D eigenvalue weighted by atomic mass is 10.1. The standard InChI is InChI=1S/C12H13BrFNO2/c1-3-6-15-11(12(16)17-2)8-4-5-10(14)9(13)7-8/h3-5,7,11,15H,1,6H2,2H3. The Balaban J connectivity index is 2.98. The van der Waals surface area contributed by atoms with Crippen molar-refractivity contribution in [1.29, 1.82) is 0 Å². The number of rotatable bonds is 5. The highest BCUT2D eigenvalue weighted by molar-refractivity contribution is 9.10. The molecule has 92 valence electrons. The Hall–Kier alpha value is -1.20. The van der Waals surface area contributed by atoms with Gasteiger partial charge in [-0.15, -0.1) is 6.58 Å². The Kier molecular flexibility index (Phi) is 5.31. The molecule has 0 spiro atoms. The lowest BCUT2D eigenvalue weighted by molar-refractivity contribution is -0.143. The fourth-order valence-electron chi connectivity index (χ4n) is 1.35. The van der Waals surface area contributed by atoms with Crippen molar-refractivity contribution in [2.75, 3.05) is 13.7 Å². The molecule has 1 aromatic carbocycles. The van der Waals surface area contributed by atoms with Crippen LogP contribution in [0.2, 0.25) is 0 Å². The maximum Gasteiger partial charge on any atom is 0.327 e. The van der Waals surface area contributed by atoms with Crippen LogP contribution in [0, 0.1) is 5.82 Å². The van der Waals surface area contributed by atoms with E-state index >= 15 is 0 Å². The topological polar surface area (TPSA) is 38.3 Å². The zero-order valence-electron chi connectivity index (χ0n) is 9.37. The number of halogens is 2. The summed E-state index contributed by atoms with van der Waals surface area (Å²) in [6, 6.07) is 3.75. The smallest absolute Gasteiger partial charge is 0.327 e. The van der Waals surface area contributed by atoms with Crippen LogP contribution in [0.15, 0.2) is 35.3 Å². The van der Waals surface area contributed by atoms with Crippen LogP contribution >= 0.6 is 15.9 Å². The predicted octanol–water partition coefficient (Wildman–Crippen LogP) is 2.58. The van der Waals surface area contributed by atoms with Crippen molar-refractivity contribution in [3.05, 3.63) is 46.7 Å². The SMILES string of the molecule is C=CCNC(C(=O)OC)c1ccc(F)c(Br)c1. The molecule has 0 heterocycles. The molecule has 0 fully saturated rings. The van der Waals surface area contributed by atoms with Gasteiger partial charge in [0.1, 0.15) is 11.9 Å². The van der Waals surface area contributed by atoms with E-state index in [-0.39, 0.29) is 5.82 Å². The molecule has 1 atom stereocenters. The molecule has 0 amide bonds. The van der Waals surface area contributed by atoms with Crippen molar-refractivity contribution in [3.8, 4) is 0 Å². The number of carbonyl (C=O) groups excluding carboxylic acids is 1. The molecule has 0 radical (unpaired) electrons. The summed E-state index contributed by atoms with van der Waals surface area (Å²) >= 11 is 3.08. The second-order valence-corrected chi connectivity index (χ2v) is 4.18. The molecule has 0 bridgehead atoms. The molecule has 0 saturated carbocycles. The highest BCUT2D eigenvalue weighted by Crippen LogP contribution is 2.22. The Morgan fingerprint density at radius 3 is 2.94 bits per heavy atom. The zero-order valence-corrected chi connectivity index (χ0v) is 11.0. The van der Waals surface area contributed by atoms with Gasteiger partial charge < -0.3 is 4.74 Å². The van der Waals surface area contributed by atoms with Crippen LogP contribution in [0.3, 0.4) is 0 Å². The van der Waals surface area contributed by atoms with Crippen molar-refractivity contribution >= 4 is 21.9 Å². The van der Waals surface area contributed by atoms with Gasteiger partial charge in [0.2, 0.25) is 0 Å². The summed E-state index contributed by atoms with van der Waals surface area (Å²) in [6.45, 7) is 4.01. The second-order valence-electron chi connectivity index (χ2n) is 3.33. The molecule has 3 nitrogen and oxygen atoms in total. The molecule has 5 heteroatoms. The van der Waals surface area contributed by atoms with Crippen molar-refractivity contribution in [2.45, 2.75) is 6.04 Å². The molecule has 17 heavy (non-hydrogen) atoms. The average molecular weight is 302 g/mol. The number of benzene rings is 1. The van der Waals surface area contributed by atoms with Crippen LogP contribution in [-0.2, 0) is 9.53 Å². The number of nitrogens with one attached hydrogen (secondary N) is 1. The lowest BCUT2D eigenvalue weighted by Crippen LogP contribution is -2.29. The molecule has 0 aliphatic rings. The van der Waals surface area contributed by atoms with Gasteiger partial charge in [-0.25, -0.2) is 9.18 Å². The van der Waals surface area contributed by atoms with E-state index in [1.165, 1.54) is 19.2 Å². The van der Waals surface area contributed by atoms with Crippen LogP contribution in [0.1, 0.15) is 11.6 Å². The third kappa shape index (κ3) is 3.64. The maximum atomic E-state index is 13.1. The van der Waals surface area contributed by atoms with Gasteiger partial charge in [0.15, 0.2) is 0 Å². The van der Waals surface area contributed by atoms with Crippen LogP contribution in [-0.4, -0.2) is 19.6 Å². The quantitative estimate of drug-likeness (QED) is 0.671. The number of hydrogen-bond donors (Lipinski definition) is 1. The van der Waals surface area contributed by atoms with Crippen molar-refractivity contribution in [3.63, 3.8) is 0 Å². The molecule has 1 aromatic rings. The molecule has 0 saturated heterocycles. The first-order valence-corrected chi connectivity index (χ1v) is 5.76. The first kappa shape index (κ1) is 13.9. The summed E-state index contributed by atoms with van der Waals surface area (Å²) < 4.78 is 18.1. The van der Waals surface area contributed by atoms with Gasteiger partial charge in [0.25, 0.3) is 0 Å². The molecule has 1 unspecified atom stereocenters. The Labute approximate surface area is 108 Å². The molecule has 1 rings (SSSR count). The Morgan fingerprint density at radius 2 is 2.41 bits per heavy atom. The third-order valence-electron chi connectivity index (χ3n) is 2.18. The molecular weight excluding hydrogens is 289 g/mol. The van der Waals surface area contributed by atoms with Gasteiger partial charge in [-0.05, 0) is 33.6 Å². The van der Waals surface area contributed by atoms with E-state index in [0.717, 1.165) is 0 Å². The largest absolute Gasteiger partial charge is 0.468 e. The molecule has 0 aliphatic carbocycles. The van der Waals surface area contributed by atoms with E-state index in [2.05, 4.69) is 32.6 Å². The molecule has 1 N–H and O–H groups in total. The van der Waals surface area contributed by atoms with E-state index in [4.69, 9.17) is 0 Å². The van der Waals surface area contributed by atoms with E-state index in [1.54, 1.807) is 12.1 Å². The number of ether oxygens (including phenoxy) is 1. The van der Waals surface area contributed by atoms with Gasteiger partial charge in [0.05, 0.1) is 11.6 Å². The summed E-state index contributed by atoms with van der Waals surface area (Å²) in [5, 5.41) is 2.95. The highest BCUT2D eigenvalue weighted by atomic mass is 79.9. The third-order valence-corrected chi connectivity index (χ3v) is 2.79. The van der Waals surface area contributed by atoms with Gasteiger partial charge in [0, 0.05) is 6.54 Å². The fourth-order valence-corrected chi connectivity index (χ4v) is 1.74. The Morgan fingerprint density at radius 1 is 1.71 bits per heavy atom. The van der Waals surface area contributed by atoms with Crippen molar-refractivity contribution in [2.24, 2.45) is 0 Å². The van der Waals surface area contributed by atoms with E-state index in [1.807, 2.05) is 0 Å². The first-order chi connectivity index (χ1) is 8.10. The monoisotopic (exact) mass is 301 g/mol. The molecule has 0 aliphatic heterocycles. The zero-order chi connectivity index (χ0) is 12.8. The summed E-state index contributed by atoms with van der Waals surface area (Å²) in [6.07, 6.45) is 1.63. The Bertz CT molecular complexity index is 423. The number of methoxy groups -OCH3 is 1. The summed E-state index contributed by atoms with van der Waals surface area (Å²) in [4.78, 5) is 11.6. The van der Waals surface area contributed by atoms with Crippen LogP contribution in [0.4, 0.5) is 4.39 Å².